The summed E-state index contributed by atoms with van der Waals surface area (Å²) in [5, 5.41) is 0. The maximum absolute atomic E-state index is 13.4. The first-order valence-electron chi connectivity index (χ1n) is 11.7. The topological polar surface area (TPSA) is 169 Å². The zero-order valence-electron chi connectivity index (χ0n) is 19.8. The van der Waals surface area contributed by atoms with E-state index in [1.165, 1.54) is 21.7 Å². The van der Waals surface area contributed by atoms with Crippen LogP contribution in [-0.4, -0.2) is 49.0 Å². The Kier molecular flexibility index (Phi) is 6.99. The van der Waals surface area contributed by atoms with Gasteiger partial charge in [-0.1, -0.05) is 26.2 Å². The van der Waals surface area contributed by atoms with Gasteiger partial charge in [0, 0.05) is 18.8 Å². The van der Waals surface area contributed by atoms with Gasteiger partial charge in [0.05, 0.1) is 11.1 Å². The maximum atomic E-state index is 13.4. The molecule has 0 atom stereocenters. The number of pyridine rings is 1. The molecular weight excluding hydrogens is 454 g/mol. The monoisotopic (exact) mass is 483 g/mol. The Morgan fingerprint density at radius 3 is 2.71 bits per heavy atom. The fourth-order valence-corrected chi connectivity index (χ4v) is 4.49. The number of nitrogen functional groups attached to an aromatic ring is 1. The molecule has 1 aliphatic rings. The third-order valence-electron chi connectivity index (χ3n) is 6.21. The Bertz CT molecular complexity index is 1370. The summed E-state index contributed by atoms with van der Waals surface area (Å²) >= 11 is 0. The minimum atomic E-state index is -0.740. The molecule has 0 aromatic carbocycles. The van der Waals surface area contributed by atoms with Crippen LogP contribution in [-0.2, 0) is 16.1 Å². The number of anilines is 2. The third kappa shape index (κ3) is 4.81. The minimum Gasteiger partial charge on any atom is -0.452 e. The van der Waals surface area contributed by atoms with E-state index in [0.717, 1.165) is 19.3 Å². The molecule has 35 heavy (non-hydrogen) atoms. The molecule has 186 valence electrons. The number of unbranched alkanes of at least 4 members (excludes halogenated alkanes) is 1. The molecule has 12 heteroatoms. The number of esters is 1. The van der Waals surface area contributed by atoms with E-state index < -0.39 is 29.7 Å². The van der Waals surface area contributed by atoms with Crippen LogP contribution in [0.3, 0.4) is 0 Å². The molecule has 0 saturated heterocycles. The van der Waals surface area contributed by atoms with Crippen LogP contribution in [0, 0.1) is 6.92 Å². The number of aryl methyl sites for hydroxylation is 1. The number of rotatable bonds is 8. The number of nitrogens with one attached hydrogen (secondary N) is 2. The van der Waals surface area contributed by atoms with E-state index in [0.29, 0.717) is 42.8 Å². The number of nitrogens with zero attached hydrogens (tertiary/aromatic N) is 4. The maximum Gasteiger partial charge on any atom is 0.340 e. The second-order valence-electron chi connectivity index (χ2n) is 8.66. The number of fused-ring (bicyclic) bond motifs is 1. The van der Waals surface area contributed by atoms with Gasteiger partial charge in [-0.3, -0.25) is 24.0 Å². The predicted octanol–water partition coefficient (Wildman–Crippen LogP) is 1.63. The van der Waals surface area contributed by atoms with Crippen LogP contribution in [0.15, 0.2) is 21.9 Å². The van der Waals surface area contributed by atoms with Crippen LogP contribution in [0.25, 0.3) is 11.2 Å². The van der Waals surface area contributed by atoms with E-state index in [4.69, 9.17) is 10.5 Å². The van der Waals surface area contributed by atoms with Gasteiger partial charge in [0.2, 0.25) is 0 Å². The largest absolute Gasteiger partial charge is 0.452 e. The molecule has 1 amide bonds. The number of aromatic nitrogens is 5. The fourth-order valence-electron chi connectivity index (χ4n) is 4.49. The second-order valence-corrected chi connectivity index (χ2v) is 8.66. The summed E-state index contributed by atoms with van der Waals surface area (Å²) in [4.78, 5) is 66.2. The summed E-state index contributed by atoms with van der Waals surface area (Å²) in [6, 6.07) is 1.19. The minimum absolute atomic E-state index is 0.0671. The quantitative estimate of drug-likeness (QED) is 0.406. The Labute approximate surface area is 200 Å². The number of hydrogen-bond acceptors (Lipinski definition) is 8. The van der Waals surface area contributed by atoms with Gasteiger partial charge in [-0.25, -0.2) is 19.6 Å². The highest BCUT2D eigenvalue weighted by atomic mass is 16.5. The molecule has 1 aliphatic carbocycles. The molecule has 1 saturated carbocycles. The summed E-state index contributed by atoms with van der Waals surface area (Å²) in [7, 11) is 0. The number of H-pyrrole nitrogens is 2. The van der Waals surface area contributed by atoms with E-state index in [-0.39, 0.29) is 23.1 Å². The number of ether oxygens (including phenoxy) is 1. The highest BCUT2D eigenvalue weighted by Crippen LogP contribution is 2.29. The molecule has 4 N–H and O–H groups in total. The van der Waals surface area contributed by atoms with Crippen molar-refractivity contribution in [2.24, 2.45) is 0 Å². The lowest BCUT2D eigenvalue weighted by Crippen LogP contribution is -2.47. The third-order valence-corrected chi connectivity index (χ3v) is 6.21. The van der Waals surface area contributed by atoms with Crippen molar-refractivity contribution >= 4 is 34.5 Å². The van der Waals surface area contributed by atoms with E-state index in [2.05, 4.69) is 19.9 Å². The van der Waals surface area contributed by atoms with Crippen molar-refractivity contribution < 1.29 is 14.3 Å². The van der Waals surface area contributed by atoms with Gasteiger partial charge in [-0.15, -0.1) is 0 Å². The summed E-state index contributed by atoms with van der Waals surface area (Å²) in [6.45, 7) is 3.42. The van der Waals surface area contributed by atoms with Crippen LogP contribution in [0.1, 0.15) is 61.6 Å². The number of aromatic amines is 2. The average Bonchev–Trinajstić information content (AvgIpc) is 3.48. The first kappa shape index (κ1) is 24.2. The molecule has 0 spiro atoms. The van der Waals surface area contributed by atoms with Crippen LogP contribution < -0.4 is 21.9 Å². The molecule has 3 heterocycles. The van der Waals surface area contributed by atoms with Gasteiger partial charge in [-0.2, -0.15) is 0 Å². The molecule has 0 bridgehead atoms. The zero-order valence-corrected chi connectivity index (χ0v) is 19.8. The van der Waals surface area contributed by atoms with Crippen molar-refractivity contribution in [3.8, 4) is 0 Å². The number of imidazole rings is 1. The smallest absolute Gasteiger partial charge is 0.340 e. The molecule has 0 radical (unpaired) electrons. The van der Waals surface area contributed by atoms with E-state index in [1.807, 2.05) is 6.92 Å². The summed E-state index contributed by atoms with van der Waals surface area (Å²) in [5.74, 6) is -0.795. The Morgan fingerprint density at radius 2 is 2.00 bits per heavy atom. The lowest BCUT2D eigenvalue weighted by Gasteiger charge is -2.29. The number of carbonyl (C=O) groups is 2. The van der Waals surface area contributed by atoms with Crippen LogP contribution in [0.5, 0.6) is 0 Å². The molecular formula is C23H29N7O5. The van der Waals surface area contributed by atoms with Gasteiger partial charge in [0.1, 0.15) is 11.6 Å². The Balaban J connectivity index is 1.63. The molecule has 3 aromatic rings. The lowest BCUT2D eigenvalue weighted by molar-refractivity contribution is -0.122. The molecule has 12 nitrogen and oxygen atoms in total. The zero-order chi connectivity index (χ0) is 25.1. The normalized spacial score (nSPS) is 13.9. The fraction of sp³-hybridized carbons (Fsp3) is 0.478. The van der Waals surface area contributed by atoms with Crippen molar-refractivity contribution in [3.63, 3.8) is 0 Å². The molecule has 3 aromatic heterocycles. The standard InChI is InChI=1S/C23H29N7O5/c1-3-4-11-29-19(24)18(21(32)28-23(29)34)30(14-7-5-6-8-14)16(31)12-35-22(33)15-9-10-25-20-17(15)26-13(2)27-20/h9-10,14H,3-8,11-12,24H2,1-2H3,(H,25,26,27)(H,28,32,34). The van der Waals surface area contributed by atoms with Gasteiger partial charge < -0.3 is 15.5 Å². The molecule has 1 fully saturated rings. The van der Waals surface area contributed by atoms with Crippen LogP contribution >= 0.6 is 0 Å². The van der Waals surface area contributed by atoms with Gasteiger partial charge in [0.25, 0.3) is 11.5 Å². The Hall–Kier alpha value is -3.96. The Morgan fingerprint density at radius 1 is 1.26 bits per heavy atom. The predicted molar refractivity (Wildman–Crippen MR) is 129 cm³/mol. The number of carbonyl (C=O) groups excluding carboxylic acids is 2. The highest BCUT2D eigenvalue weighted by Gasteiger charge is 2.33. The SMILES string of the molecule is CCCCn1c(N)c(N(C(=O)COC(=O)c2ccnc3nc(C)[nH]c23)C2CCCC2)c(=O)[nH]c1=O. The van der Waals surface area contributed by atoms with E-state index in [1.54, 1.807) is 6.92 Å². The molecule has 0 unspecified atom stereocenters. The van der Waals surface area contributed by atoms with Gasteiger partial charge >= 0.3 is 11.7 Å². The first-order chi connectivity index (χ1) is 16.8. The number of hydrogen-bond donors (Lipinski definition) is 3. The molecule has 0 aliphatic heterocycles. The highest BCUT2D eigenvalue weighted by molar-refractivity contribution is 6.03. The van der Waals surface area contributed by atoms with E-state index in [9.17, 15) is 19.2 Å². The van der Waals surface area contributed by atoms with Crippen molar-refractivity contribution in [1.82, 2.24) is 24.5 Å². The number of nitrogens with two attached hydrogens (primary N) is 1. The van der Waals surface area contributed by atoms with E-state index >= 15 is 0 Å². The van der Waals surface area contributed by atoms with Crippen molar-refractivity contribution in [3.05, 3.63) is 44.5 Å². The summed E-state index contributed by atoms with van der Waals surface area (Å²) < 4.78 is 6.61. The van der Waals surface area contributed by atoms with Crippen LogP contribution in [0.4, 0.5) is 11.5 Å². The molecule has 4 rings (SSSR count). The number of amides is 1. The van der Waals surface area contributed by atoms with Crippen molar-refractivity contribution in [2.75, 3.05) is 17.2 Å². The van der Waals surface area contributed by atoms with Gasteiger partial charge in [0.15, 0.2) is 17.9 Å². The average molecular weight is 484 g/mol. The second kappa shape index (κ2) is 10.1. The lowest BCUT2D eigenvalue weighted by atomic mass is 10.2. The van der Waals surface area contributed by atoms with Crippen LogP contribution in [0.2, 0.25) is 0 Å². The van der Waals surface area contributed by atoms with Crippen molar-refractivity contribution in [2.45, 2.75) is 65.0 Å². The van der Waals surface area contributed by atoms with Crippen molar-refractivity contribution in [1.29, 1.82) is 0 Å². The van der Waals surface area contributed by atoms with Gasteiger partial charge in [-0.05, 0) is 32.3 Å². The summed E-state index contributed by atoms with van der Waals surface area (Å²) in [6.07, 6.45) is 6.05. The summed E-state index contributed by atoms with van der Waals surface area (Å²) in [5.41, 5.74) is 5.80. The first-order valence-corrected chi connectivity index (χ1v) is 11.7.